The number of carbonyl (C=O) groups is 6. The van der Waals surface area contributed by atoms with Gasteiger partial charge in [0.2, 0.25) is 0 Å². The lowest BCUT2D eigenvalue weighted by Gasteiger charge is -2.64. The van der Waals surface area contributed by atoms with Crippen LogP contribution in [0.2, 0.25) is 0 Å². The number of hydrogen-bond acceptors (Lipinski definition) is 13. The van der Waals surface area contributed by atoms with E-state index in [1.165, 1.54) is 31.2 Å². The van der Waals surface area contributed by atoms with E-state index >= 15 is 0 Å². The van der Waals surface area contributed by atoms with Crippen LogP contribution in [0.15, 0.2) is 91.0 Å². The first-order valence-electron chi connectivity index (χ1n) is 18.1. The van der Waals surface area contributed by atoms with Gasteiger partial charge in [-0.05, 0) is 62.6 Å². The van der Waals surface area contributed by atoms with E-state index in [9.17, 15) is 28.8 Å². The van der Waals surface area contributed by atoms with E-state index < -0.39 is 101 Å². The van der Waals surface area contributed by atoms with Gasteiger partial charge in [0.25, 0.3) is 0 Å². The van der Waals surface area contributed by atoms with E-state index in [0.29, 0.717) is 0 Å². The minimum absolute atomic E-state index is 0.0189. The summed E-state index contributed by atoms with van der Waals surface area (Å²) >= 11 is 0. The lowest BCUT2D eigenvalue weighted by Crippen LogP contribution is -2.81. The van der Waals surface area contributed by atoms with Gasteiger partial charge in [0.1, 0.15) is 35.9 Å². The first kappa shape index (κ1) is 39.1. The predicted octanol–water partition coefficient (Wildman–Crippen LogP) is 5.29. The standard InChI is InChI=1S/C42H44O13/c1-24-22-31(52-37(46)28-16-10-7-11-17-28)34(54-39(48)30-20-14-9-15-21-30)41(23-49-25(2)43)36(51-27(4)45)33(53-38(47)29-18-12-8-13-19-29)32-35(50-26(3)44)42(24,41)55-40(32,5)6/h7-21,24,31-36H,22-23H2,1-6H3/t24-,31+,32-,33-,34+,35-,36-,41+,42-/m1/s1. The summed E-state index contributed by atoms with van der Waals surface area (Å²) in [6, 6.07) is 24.3. The Balaban J connectivity index is 1.65. The molecule has 3 fully saturated rings. The first-order chi connectivity index (χ1) is 26.1. The molecule has 13 heteroatoms. The fraction of sp³-hybridized carbons (Fsp3) is 0.429. The molecular formula is C42H44O13. The molecule has 2 saturated carbocycles. The Morgan fingerprint density at radius 1 is 0.600 bits per heavy atom. The normalized spacial score (nSPS) is 30.1. The van der Waals surface area contributed by atoms with Crippen molar-refractivity contribution in [3.05, 3.63) is 108 Å². The number of fused-ring (bicyclic) bond motifs is 1. The predicted molar refractivity (Wildman–Crippen MR) is 192 cm³/mol. The summed E-state index contributed by atoms with van der Waals surface area (Å²) in [7, 11) is 0. The smallest absolute Gasteiger partial charge is 0.338 e. The molecule has 1 aliphatic heterocycles. The van der Waals surface area contributed by atoms with E-state index in [-0.39, 0.29) is 23.1 Å². The maximum atomic E-state index is 14.2. The molecule has 6 rings (SSSR count). The van der Waals surface area contributed by atoms with Gasteiger partial charge in [0.15, 0.2) is 12.2 Å². The molecule has 3 aromatic rings. The van der Waals surface area contributed by atoms with Gasteiger partial charge in [-0.2, -0.15) is 0 Å². The summed E-state index contributed by atoms with van der Waals surface area (Å²) in [5.41, 5.74) is -4.67. The highest BCUT2D eigenvalue weighted by Crippen LogP contribution is 2.68. The van der Waals surface area contributed by atoms with Crippen LogP contribution in [0.3, 0.4) is 0 Å². The average molecular weight is 757 g/mol. The van der Waals surface area contributed by atoms with Crippen LogP contribution in [0.25, 0.3) is 0 Å². The molecule has 9 atom stereocenters. The summed E-state index contributed by atoms with van der Waals surface area (Å²) in [6.07, 6.45) is -7.31. The number of benzene rings is 3. The van der Waals surface area contributed by atoms with Crippen LogP contribution in [0.5, 0.6) is 0 Å². The van der Waals surface area contributed by atoms with Gasteiger partial charge >= 0.3 is 35.8 Å². The highest BCUT2D eigenvalue weighted by molar-refractivity contribution is 5.91. The zero-order valence-electron chi connectivity index (χ0n) is 31.4. The second-order valence-corrected chi connectivity index (χ2v) is 14.8. The summed E-state index contributed by atoms with van der Waals surface area (Å²) in [5.74, 6) is -6.47. The van der Waals surface area contributed by atoms with Crippen LogP contribution in [0, 0.1) is 17.3 Å². The highest BCUT2D eigenvalue weighted by Gasteiger charge is 2.86. The van der Waals surface area contributed by atoms with Crippen molar-refractivity contribution in [2.24, 2.45) is 17.3 Å². The molecular weight excluding hydrogens is 712 g/mol. The molecule has 0 unspecified atom stereocenters. The van der Waals surface area contributed by atoms with Gasteiger partial charge in [-0.1, -0.05) is 61.5 Å². The molecule has 0 N–H and O–H groups in total. The van der Waals surface area contributed by atoms with Gasteiger partial charge < -0.3 is 33.2 Å². The number of esters is 6. The van der Waals surface area contributed by atoms with Gasteiger partial charge in [-0.3, -0.25) is 14.4 Å². The second-order valence-electron chi connectivity index (χ2n) is 14.8. The molecule has 1 heterocycles. The average Bonchev–Trinajstić information content (AvgIpc) is 3.34. The fourth-order valence-corrected chi connectivity index (χ4v) is 8.95. The summed E-state index contributed by atoms with van der Waals surface area (Å²) in [6.45, 7) is 8.06. The largest absolute Gasteiger partial charge is 0.465 e. The molecule has 2 aliphatic carbocycles. The van der Waals surface area contributed by atoms with Crippen molar-refractivity contribution in [3.63, 3.8) is 0 Å². The zero-order chi connectivity index (χ0) is 39.7. The van der Waals surface area contributed by atoms with Crippen molar-refractivity contribution in [3.8, 4) is 0 Å². The van der Waals surface area contributed by atoms with Crippen molar-refractivity contribution >= 4 is 35.8 Å². The molecule has 0 radical (unpaired) electrons. The topological polar surface area (TPSA) is 167 Å². The van der Waals surface area contributed by atoms with E-state index in [4.69, 9.17) is 33.2 Å². The molecule has 1 spiro atoms. The third kappa shape index (κ3) is 7.08. The Hall–Kier alpha value is -5.56. The molecule has 3 aromatic carbocycles. The number of rotatable bonds is 10. The Kier molecular flexibility index (Phi) is 10.9. The minimum Gasteiger partial charge on any atom is -0.465 e. The molecule has 3 aliphatic rings. The third-order valence-electron chi connectivity index (χ3n) is 10.9. The second kappa shape index (κ2) is 15.3. The van der Waals surface area contributed by atoms with Crippen LogP contribution in [-0.4, -0.2) is 84.1 Å². The maximum absolute atomic E-state index is 14.2. The number of hydrogen-bond donors (Lipinski definition) is 0. The van der Waals surface area contributed by atoms with E-state index in [2.05, 4.69) is 0 Å². The van der Waals surface area contributed by atoms with Gasteiger partial charge in [-0.25, -0.2) is 14.4 Å². The van der Waals surface area contributed by atoms with Gasteiger partial charge in [-0.15, -0.1) is 0 Å². The molecule has 0 amide bonds. The fourth-order valence-electron chi connectivity index (χ4n) is 8.95. The summed E-state index contributed by atoms with van der Waals surface area (Å²) in [4.78, 5) is 81.3. The number of ether oxygens (including phenoxy) is 7. The Bertz CT molecular complexity index is 1930. The van der Waals surface area contributed by atoms with Crippen LogP contribution in [0.4, 0.5) is 0 Å². The van der Waals surface area contributed by atoms with Gasteiger partial charge in [0.05, 0.1) is 28.2 Å². The van der Waals surface area contributed by atoms with Crippen molar-refractivity contribution in [2.75, 3.05) is 6.61 Å². The summed E-state index contributed by atoms with van der Waals surface area (Å²) < 4.78 is 44.4. The van der Waals surface area contributed by atoms with Crippen LogP contribution in [-0.2, 0) is 47.5 Å². The zero-order valence-corrected chi connectivity index (χ0v) is 31.4. The van der Waals surface area contributed by atoms with Crippen molar-refractivity contribution in [1.29, 1.82) is 0 Å². The molecule has 13 nitrogen and oxygen atoms in total. The number of carbonyl (C=O) groups excluding carboxylic acids is 6. The maximum Gasteiger partial charge on any atom is 0.338 e. The highest BCUT2D eigenvalue weighted by atomic mass is 16.6. The van der Waals surface area contributed by atoms with Crippen molar-refractivity contribution < 1.29 is 61.9 Å². The first-order valence-corrected chi connectivity index (χ1v) is 18.1. The van der Waals surface area contributed by atoms with Crippen LogP contribution >= 0.6 is 0 Å². The monoisotopic (exact) mass is 756 g/mol. The van der Waals surface area contributed by atoms with Crippen molar-refractivity contribution in [2.45, 2.75) is 89.7 Å². The quantitative estimate of drug-likeness (QED) is 0.194. The van der Waals surface area contributed by atoms with Gasteiger partial charge in [0, 0.05) is 20.8 Å². The molecule has 290 valence electrons. The lowest BCUT2D eigenvalue weighted by molar-refractivity contribution is -0.327. The molecule has 2 bridgehead atoms. The van der Waals surface area contributed by atoms with Crippen molar-refractivity contribution in [1.82, 2.24) is 0 Å². The van der Waals surface area contributed by atoms with Crippen LogP contribution in [0.1, 0.15) is 79.0 Å². The summed E-state index contributed by atoms with van der Waals surface area (Å²) in [5, 5.41) is 0. The molecule has 1 saturated heterocycles. The van der Waals surface area contributed by atoms with E-state index in [0.717, 1.165) is 13.8 Å². The minimum atomic E-state index is -2.07. The Labute approximate surface area is 318 Å². The lowest BCUT2D eigenvalue weighted by atomic mass is 9.47. The SMILES string of the molecule is CC(=O)OC[C@]12[C@H](OC(C)=O)[C@H](OC(=O)c3ccccc3)[C@@H]3[C@@H](OC(C)=O)[C@]1(OC3(C)C)[C@H](C)C[C@H](OC(=O)c1ccccc1)[C@@H]2OC(=O)c1ccccc1. The Morgan fingerprint density at radius 2 is 1.05 bits per heavy atom. The van der Waals surface area contributed by atoms with E-state index in [1.807, 2.05) is 0 Å². The molecule has 0 aromatic heterocycles. The molecule has 55 heavy (non-hydrogen) atoms. The Morgan fingerprint density at radius 3 is 1.53 bits per heavy atom. The third-order valence-corrected chi connectivity index (χ3v) is 10.9. The van der Waals surface area contributed by atoms with E-state index in [1.54, 1.807) is 87.5 Å². The van der Waals surface area contributed by atoms with Crippen LogP contribution < -0.4 is 0 Å².